The van der Waals surface area contributed by atoms with E-state index >= 15 is 0 Å². The minimum absolute atomic E-state index is 0.0760. The zero-order chi connectivity index (χ0) is 25.2. The van der Waals surface area contributed by atoms with E-state index in [0.717, 1.165) is 33.0 Å². The van der Waals surface area contributed by atoms with E-state index in [9.17, 15) is 9.59 Å². The second-order valence-electron chi connectivity index (χ2n) is 9.44. The van der Waals surface area contributed by atoms with Crippen molar-refractivity contribution < 1.29 is 9.59 Å². The molecule has 36 heavy (non-hydrogen) atoms. The summed E-state index contributed by atoms with van der Waals surface area (Å²) in [5.74, 6) is -0.474. The highest BCUT2D eigenvalue weighted by atomic mass is 32.2. The van der Waals surface area contributed by atoms with E-state index in [1.54, 1.807) is 18.0 Å². The number of hydrogen-bond acceptors (Lipinski definition) is 5. The number of amides is 1. The summed E-state index contributed by atoms with van der Waals surface area (Å²) in [6.07, 6.45) is 4.81. The third-order valence-corrected chi connectivity index (χ3v) is 7.91. The van der Waals surface area contributed by atoms with Crippen LogP contribution in [0.3, 0.4) is 0 Å². The van der Waals surface area contributed by atoms with Crippen molar-refractivity contribution in [2.24, 2.45) is 10.9 Å². The minimum Gasteiger partial charge on any atom is -0.310 e. The fourth-order valence-corrected chi connectivity index (χ4v) is 5.75. The summed E-state index contributed by atoms with van der Waals surface area (Å²) in [5.41, 5.74) is 5.21. The third-order valence-electron chi connectivity index (χ3n) is 7.17. The number of carbonyl (C=O) groups excluding carboxylic acids is 2. The van der Waals surface area contributed by atoms with Crippen LogP contribution in [0.4, 0.5) is 5.82 Å². The Bertz CT molecular complexity index is 1360. The highest BCUT2D eigenvalue weighted by molar-refractivity contribution is 7.98. The molecule has 3 aromatic rings. The number of rotatable bonds is 5. The molecule has 2 heterocycles. The first kappa shape index (κ1) is 24.2. The Hall–Kier alpha value is -3.51. The number of aromatic nitrogens is 1. The summed E-state index contributed by atoms with van der Waals surface area (Å²) in [5, 5.41) is 3.01. The monoisotopic (exact) mass is 495 g/mol. The molecule has 5 rings (SSSR count). The molecule has 0 bridgehead atoms. The van der Waals surface area contributed by atoms with Crippen molar-refractivity contribution in [1.29, 1.82) is 0 Å². The number of hydrogen-bond donors (Lipinski definition) is 1. The van der Waals surface area contributed by atoms with Gasteiger partial charge >= 0.3 is 0 Å². The zero-order valence-electron chi connectivity index (χ0n) is 20.7. The number of aliphatic imine (C=N–C) groups is 1. The van der Waals surface area contributed by atoms with Crippen LogP contribution in [-0.4, -0.2) is 28.6 Å². The number of carbonyl (C=O) groups is 2. The first-order valence-corrected chi connectivity index (χ1v) is 13.4. The molecule has 6 heteroatoms. The first-order chi connectivity index (χ1) is 17.5. The summed E-state index contributed by atoms with van der Waals surface area (Å²) in [7, 11) is 0. The molecule has 2 aliphatic rings. The number of ketones is 1. The maximum atomic E-state index is 13.7. The van der Waals surface area contributed by atoms with Crippen LogP contribution < -0.4 is 5.32 Å². The van der Waals surface area contributed by atoms with Crippen molar-refractivity contribution in [3.63, 3.8) is 0 Å². The summed E-state index contributed by atoms with van der Waals surface area (Å²) in [4.78, 5) is 37.8. The molecule has 2 aromatic carbocycles. The normalized spacial score (nSPS) is 21.6. The molecule has 1 N–H and O–H groups in total. The van der Waals surface area contributed by atoms with Gasteiger partial charge in [-0.2, -0.15) is 0 Å². The minimum atomic E-state index is -0.595. The Morgan fingerprint density at radius 3 is 2.39 bits per heavy atom. The van der Waals surface area contributed by atoms with Crippen molar-refractivity contribution in [1.82, 2.24) is 4.98 Å². The van der Waals surface area contributed by atoms with Crippen LogP contribution in [0.2, 0.25) is 0 Å². The molecule has 0 saturated heterocycles. The maximum Gasteiger partial charge on any atom is 0.235 e. The Morgan fingerprint density at radius 1 is 0.944 bits per heavy atom. The van der Waals surface area contributed by atoms with E-state index in [2.05, 4.69) is 34.6 Å². The largest absolute Gasteiger partial charge is 0.310 e. The second-order valence-corrected chi connectivity index (χ2v) is 10.3. The van der Waals surface area contributed by atoms with E-state index in [1.807, 2.05) is 62.6 Å². The van der Waals surface area contributed by atoms with Crippen molar-refractivity contribution in [3.05, 3.63) is 101 Å². The summed E-state index contributed by atoms with van der Waals surface area (Å²) < 4.78 is 0. The van der Waals surface area contributed by atoms with Crippen LogP contribution in [-0.2, 0) is 9.59 Å². The predicted molar refractivity (Wildman–Crippen MR) is 146 cm³/mol. The average Bonchev–Trinajstić information content (AvgIpc) is 2.89. The van der Waals surface area contributed by atoms with E-state index in [0.29, 0.717) is 24.2 Å². The highest BCUT2D eigenvalue weighted by Crippen LogP contribution is 2.47. The summed E-state index contributed by atoms with van der Waals surface area (Å²) in [6.45, 7) is 3.82. The quantitative estimate of drug-likeness (QED) is 0.420. The Kier molecular flexibility index (Phi) is 6.88. The summed E-state index contributed by atoms with van der Waals surface area (Å²) >= 11 is 1.67. The predicted octanol–water partition coefficient (Wildman–Crippen LogP) is 6.33. The van der Waals surface area contributed by atoms with Gasteiger partial charge in [-0.1, -0.05) is 48.5 Å². The number of aryl methyl sites for hydroxylation is 1. The molecule has 3 atom stereocenters. The first-order valence-electron chi connectivity index (χ1n) is 12.2. The smallest absolute Gasteiger partial charge is 0.235 e. The second kappa shape index (κ2) is 10.2. The van der Waals surface area contributed by atoms with Gasteiger partial charge < -0.3 is 5.32 Å². The Labute approximate surface area is 216 Å². The molecular weight excluding hydrogens is 466 g/mol. The summed E-state index contributed by atoms with van der Waals surface area (Å²) in [6, 6.07) is 22.1. The van der Waals surface area contributed by atoms with Crippen molar-refractivity contribution >= 4 is 35.0 Å². The van der Waals surface area contributed by atoms with Crippen LogP contribution in [0.25, 0.3) is 0 Å². The van der Waals surface area contributed by atoms with Gasteiger partial charge in [-0.25, -0.2) is 4.98 Å². The molecule has 1 aliphatic heterocycles. The number of Topliss-reactive ketones (excluding diaryl/α,β-unsaturated/α-hetero) is 1. The van der Waals surface area contributed by atoms with E-state index in [-0.39, 0.29) is 23.5 Å². The van der Waals surface area contributed by atoms with Crippen LogP contribution in [0.15, 0.2) is 94.1 Å². The lowest BCUT2D eigenvalue weighted by Gasteiger charge is -2.37. The third kappa shape index (κ3) is 4.65. The van der Waals surface area contributed by atoms with Crippen molar-refractivity contribution in [2.45, 2.75) is 43.4 Å². The van der Waals surface area contributed by atoms with E-state index in [1.165, 1.54) is 0 Å². The molecule has 5 nitrogen and oxygen atoms in total. The number of nitrogens with one attached hydrogen (secondary N) is 1. The van der Waals surface area contributed by atoms with Gasteiger partial charge in [0, 0.05) is 40.4 Å². The van der Waals surface area contributed by atoms with Gasteiger partial charge in [-0.3, -0.25) is 14.6 Å². The Morgan fingerprint density at radius 2 is 1.69 bits per heavy atom. The fourth-order valence-electron chi connectivity index (χ4n) is 5.34. The van der Waals surface area contributed by atoms with Gasteiger partial charge in [0.1, 0.15) is 5.82 Å². The van der Waals surface area contributed by atoms with Gasteiger partial charge in [-0.15, -0.1) is 11.8 Å². The molecule has 0 radical (unpaired) electrons. The lowest BCUT2D eigenvalue weighted by Crippen LogP contribution is -2.40. The molecule has 0 spiro atoms. The van der Waals surface area contributed by atoms with E-state index in [4.69, 9.17) is 4.99 Å². The fraction of sp³-hybridized carbons (Fsp3) is 0.267. The maximum absolute atomic E-state index is 13.7. The standard InChI is InChI=1S/C30H29N3O2S/c1-18-8-7-15-31-29(18)33-30(35)26-19(2)32-24-16-22(20-9-5-4-6-10-20)17-25(34)28(24)27(26)21-11-13-23(36-3)14-12-21/h4-15,22,26-27H,16-17H2,1-3H3,(H,31,33,35)/t22-,26?,27-/m1/s1. The highest BCUT2D eigenvalue weighted by Gasteiger charge is 2.44. The van der Waals surface area contributed by atoms with Crippen LogP contribution in [0, 0.1) is 12.8 Å². The Balaban J connectivity index is 1.57. The number of anilines is 1. The van der Waals surface area contributed by atoms with Crippen molar-refractivity contribution in [2.75, 3.05) is 11.6 Å². The number of thioether (sulfide) groups is 1. The van der Waals surface area contributed by atoms with Crippen LogP contribution in [0.5, 0.6) is 0 Å². The zero-order valence-corrected chi connectivity index (χ0v) is 21.5. The lowest BCUT2D eigenvalue weighted by atomic mass is 9.69. The van der Waals surface area contributed by atoms with E-state index < -0.39 is 5.92 Å². The molecule has 1 aromatic heterocycles. The lowest BCUT2D eigenvalue weighted by molar-refractivity contribution is -0.119. The topological polar surface area (TPSA) is 71.4 Å². The number of nitrogens with zero attached hydrogens (tertiary/aromatic N) is 2. The SMILES string of the molecule is CSc1ccc([C@H]2C3=C(C[C@@H](c4ccccc4)CC3=O)N=C(C)C2C(=O)Nc2ncccc2C)cc1. The van der Waals surface area contributed by atoms with Crippen LogP contribution >= 0.6 is 11.8 Å². The number of benzene rings is 2. The van der Waals surface area contributed by atoms with Gasteiger partial charge in [-0.05, 0) is 67.3 Å². The molecular formula is C30H29N3O2S. The molecule has 1 unspecified atom stereocenters. The van der Waals surface area contributed by atoms with Gasteiger partial charge in [0.05, 0.1) is 5.92 Å². The molecule has 1 amide bonds. The van der Waals surface area contributed by atoms with Gasteiger partial charge in [0.2, 0.25) is 5.91 Å². The average molecular weight is 496 g/mol. The van der Waals surface area contributed by atoms with Gasteiger partial charge in [0.25, 0.3) is 0 Å². The molecule has 0 saturated carbocycles. The molecule has 182 valence electrons. The number of allylic oxidation sites excluding steroid dienone is 2. The van der Waals surface area contributed by atoms with Crippen LogP contribution in [0.1, 0.15) is 48.3 Å². The molecule has 0 fully saturated rings. The molecule has 1 aliphatic carbocycles. The van der Waals surface area contributed by atoms with Crippen molar-refractivity contribution in [3.8, 4) is 0 Å². The van der Waals surface area contributed by atoms with Gasteiger partial charge in [0.15, 0.2) is 5.78 Å². The number of pyridine rings is 1.